The molecule has 0 aromatic heterocycles. The average Bonchev–Trinajstić information content (AvgIpc) is 2.40. The Hall–Kier alpha value is -1.02. The van der Waals surface area contributed by atoms with Crippen LogP contribution in [0.4, 0.5) is 0 Å². The molecule has 1 fully saturated rings. The number of para-hydroxylation sites is 1. The van der Waals surface area contributed by atoms with Crippen LogP contribution in [-0.4, -0.2) is 13.2 Å². The van der Waals surface area contributed by atoms with E-state index in [9.17, 15) is 0 Å². The topological polar surface area (TPSA) is 21.3 Å². The van der Waals surface area contributed by atoms with Crippen LogP contribution < -0.4 is 10.1 Å². The third-order valence-electron chi connectivity index (χ3n) is 4.32. The molecule has 0 bridgehead atoms. The van der Waals surface area contributed by atoms with Gasteiger partial charge in [-0.25, -0.2) is 0 Å². The highest BCUT2D eigenvalue weighted by Crippen LogP contribution is 2.32. The number of ether oxygens (including phenoxy) is 1. The van der Waals surface area contributed by atoms with Crippen molar-refractivity contribution in [3.63, 3.8) is 0 Å². The van der Waals surface area contributed by atoms with Crippen molar-refractivity contribution in [3.05, 3.63) is 29.8 Å². The highest BCUT2D eigenvalue weighted by molar-refractivity contribution is 5.35. The van der Waals surface area contributed by atoms with Crippen molar-refractivity contribution in [1.82, 2.24) is 5.32 Å². The van der Waals surface area contributed by atoms with Crippen molar-refractivity contribution < 1.29 is 4.74 Å². The van der Waals surface area contributed by atoms with Crippen molar-refractivity contribution >= 4 is 0 Å². The van der Waals surface area contributed by atoms with Gasteiger partial charge in [-0.15, -0.1) is 0 Å². The summed E-state index contributed by atoms with van der Waals surface area (Å²) in [4.78, 5) is 0. The van der Waals surface area contributed by atoms with Gasteiger partial charge in [0.25, 0.3) is 0 Å². The molecule has 19 heavy (non-hydrogen) atoms. The number of benzene rings is 1. The van der Waals surface area contributed by atoms with Crippen LogP contribution in [0.2, 0.25) is 0 Å². The van der Waals surface area contributed by atoms with Gasteiger partial charge in [-0.3, -0.25) is 0 Å². The Labute approximate surface area is 117 Å². The van der Waals surface area contributed by atoms with E-state index in [0.29, 0.717) is 12.1 Å². The van der Waals surface area contributed by atoms with Gasteiger partial charge in [-0.05, 0) is 31.7 Å². The van der Waals surface area contributed by atoms with Gasteiger partial charge in [0.05, 0.1) is 7.11 Å². The van der Waals surface area contributed by atoms with E-state index in [4.69, 9.17) is 4.74 Å². The number of hydrogen-bond donors (Lipinski definition) is 1. The highest BCUT2D eigenvalue weighted by atomic mass is 16.5. The molecule has 2 rings (SSSR count). The number of methoxy groups -OCH3 is 1. The Balaban J connectivity index is 1.98. The van der Waals surface area contributed by atoms with Crippen molar-refractivity contribution in [1.29, 1.82) is 0 Å². The lowest BCUT2D eigenvalue weighted by Crippen LogP contribution is -2.33. The number of hydrogen-bond acceptors (Lipinski definition) is 2. The maximum absolute atomic E-state index is 5.48. The highest BCUT2D eigenvalue weighted by Gasteiger charge is 2.22. The molecule has 1 N–H and O–H groups in total. The van der Waals surface area contributed by atoms with E-state index in [-0.39, 0.29) is 0 Å². The zero-order valence-corrected chi connectivity index (χ0v) is 12.5. The molecule has 2 atom stereocenters. The summed E-state index contributed by atoms with van der Waals surface area (Å²) in [6, 6.07) is 9.34. The first kappa shape index (κ1) is 14.4. The lowest BCUT2D eigenvalue weighted by molar-refractivity contribution is 0.255. The van der Waals surface area contributed by atoms with Crippen LogP contribution in [0.15, 0.2) is 24.3 Å². The third kappa shape index (κ3) is 3.73. The molecule has 2 nitrogen and oxygen atoms in total. The fraction of sp³-hybridized carbons (Fsp3) is 0.647. The summed E-state index contributed by atoms with van der Waals surface area (Å²) in [5, 5.41) is 3.78. The molecule has 0 saturated heterocycles. The molecule has 1 saturated carbocycles. The molecule has 2 unspecified atom stereocenters. The summed E-state index contributed by atoms with van der Waals surface area (Å²) in [5.41, 5.74) is 1.29. The van der Waals surface area contributed by atoms with Crippen molar-refractivity contribution in [2.45, 2.75) is 58.0 Å². The summed E-state index contributed by atoms with van der Waals surface area (Å²) in [6.45, 7) is 4.55. The minimum atomic E-state index is 0.395. The summed E-state index contributed by atoms with van der Waals surface area (Å²) < 4.78 is 5.48. The fourth-order valence-corrected chi connectivity index (χ4v) is 3.02. The second-order valence-electron chi connectivity index (χ2n) is 5.80. The second-order valence-corrected chi connectivity index (χ2v) is 5.80. The fourth-order valence-electron chi connectivity index (χ4n) is 3.02. The van der Waals surface area contributed by atoms with Crippen LogP contribution >= 0.6 is 0 Å². The van der Waals surface area contributed by atoms with Crippen molar-refractivity contribution in [2.75, 3.05) is 7.11 Å². The molecule has 1 aromatic carbocycles. The van der Waals surface area contributed by atoms with Crippen LogP contribution in [-0.2, 0) is 0 Å². The SMILES string of the molecule is CCC(NC(C)CC1CCC1)c1ccccc1OC. The van der Waals surface area contributed by atoms with Crippen LogP contribution in [0.25, 0.3) is 0 Å². The molecule has 106 valence electrons. The summed E-state index contributed by atoms with van der Waals surface area (Å²) in [7, 11) is 1.75. The molecule has 0 spiro atoms. The number of rotatable bonds is 7. The van der Waals surface area contributed by atoms with Crippen LogP contribution in [0.5, 0.6) is 5.75 Å². The summed E-state index contributed by atoms with van der Waals surface area (Å²) in [5.74, 6) is 1.95. The molecule has 1 aromatic rings. The normalized spacial score (nSPS) is 18.7. The van der Waals surface area contributed by atoms with Gasteiger partial charge in [-0.1, -0.05) is 44.4 Å². The predicted molar refractivity (Wildman–Crippen MR) is 80.6 cm³/mol. The maximum atomic E-state index is 5.48. The van der Waals surface area contributed by atoms with Gasteiger partial charge >= 0.3 is 0 Å². The third-order valence-corrected chi connectivity index (χ3v) is 4.32. The zero-order chi connectivity index (χ0) is 13.7. The Morgan fingerprint density at radius 1 is 1.32 bits per heavy atom. The maximum Gasteiger partial charge on any atom is 0.123 e. The van der Waals surface area contributed by atoms with Gasteiger partial charge in [0.15, 0.2) is 0 Å². The van der Waals surface area contributed by atoms with Gasteiger partial charge in [-0.2, -0.15) is 0 Å². The molecule has 1 aliphatic carbocycles. The van der Waals surface area contributed by atoms with Gasteiger partial charge in [0, 0.05) is 17.6 Å². The first-order chi connectivity index (χ1) is 9.24. The Kier molecular flexibility index (Phi) is 5.26. The second kappa shape index (κ2) is 6.95. The van der Waals surface area contributed by atoms with Crippen molar-refractivity contribution in [2.24, 2.45) is 5.92 Å². The Bertz CT molecular complexity index is 387. The smallest absolute Gasteiger partial charge is 0.123 e. The average molecular weight is 261 g/mol. The quantitative estimate of drug-likeness (QED) is 0.789. The Morgan fingerprint density at radius 3 is 2.63 bits per heavy atom. The van der Waals surface area contributed by atoms with Gasteiger partial charge < -0.3 is 10.1 Å². The molecule has 0 radical (unpaired) electrons. The molecular formula is C17H27NO. The van der Waals surface area contributed by atoms with Crippen LogP contribution in [0, 0.1) is 5.92 Å². The van der Waals surface area contributed by atoms with Gasteiger partial charge in [0.1, 0.15) is 5.75 Å². The summed E-state index contributed by atoms with van der Waals surface area (Å²) in [6.07, 6.45) is 6.69. The largest absolute Gasteiger partial charge is 0.496 e. The molecule has 0 amide bonds. The van der Waals surface area contributed by atoms with E-state index in [1.807, 2.05) is 6.07 Å². The first-order valence-corrected chi connectivity index (χ1v) is 7.63. The van der Waals surface area contributed by atoms with Crippen LogP contribution in [0.3, 0.4) is 0 Å². The Morgan fingerprint density at radius 2 is 2.05 bits per heavy atom. The lowest BCUT2D eigenvalue weighted by atomic mass is 9.81. The molecule has 0 heterocycles. The monoisotopic (exact) mass is 261 g/mol. The minimum absolute atomic E-state index is 0.395. The minimum Gasteiger partial charge on any atom is -0.496 e. The van der Waals surface area contributed by atoms with Crippen LogP contribution in [0.1, 0.15) is 57.6 Å². The van der Waals surface area contributed by atoms with Gasteiger partial charge in [0.2, 0.25) is 0 Å². The first-order valence-electron chi connectivity index (χ1n) is 7.63. The van der Waals surface area contributed by atoms with E-state index in [2.05, 4.69) is 37.4 Å². The standard InChI is InChI=1S/C17H27NO/c1-4-16(15-10-5-6-11-17(15)19-3)18-13(2)12-14-8-7-9-14/h5-6,10-11,13-14,16,18H,4,7-9,12H2,1-3H3. The number of nitrogens with one attached hydrogen (secondary N) is 1. The molecular weight excluding hydrogens is 234 g/mol. The molecule has 1 aliphatic rings. The molecule has 2 heteroatoms. The van der Waals surface area contributed by atoms with E-state index < -0.39 is 0 Å². The zero-order valence-electron chi connectivity index (χ0n) is 12.5. The summed E-state index contributed by atoms with van der Waals surface area (Å²) >= 11 is 0. The van der Waals surface area contributed by atoms with E-state index in [1.54, 1.807) is 7.11 Å². The van der Waals surface area contributed by atoms with E-state index in [1.165, 1.54) is 31.2 Å². The lowest BCUT2D eigenvalue weighted by Gasteiger charge is -2.31. The van der Waals surface area contributed by atoms with E-state index in [0.717, 1.165) is 18.1 Å². The predicted octanol–water partition coefficient (Wildman–Crippen LogP) is 4.31. The molecule has 0 aliphatic heterocycles. The van der Waals surface area contributed by atoms with E-state index >= 15 is 0 Å². The van der Waals surface area contributed by atoms with Crippen molar-refractivity contribution in [3.8, 4) is 5.75 Å².